The third kappa shape index (κ3) is 3.51. The van der Waals surface area contributed by atoms with Crippen LogP contribution in [0.15, 0.2) is 24.3 Å². The largest absolute Gasteiger partial charge is 0.382 e. The second-order valence-corrected chi connectivity index (χ2v) is 6.56. The minimum Gasteiger partial charge on any atom is -0.382 e. The Hall–Kier alpha value is -1.99. The molecule has 7 heteroatoms. The fourth-order valence-electron chi connectivity index (χ4n) is 2.95. The Balaban J connectivity index is 1.89. The minimum atomic E-state index is -0.286. The number of hydrogen-bond acceptors (Lipinski definition) is 6. The number of aryl methyl sites for hydroxylation is 1. The molecule has 124 valence electrons. The number of nitrogens with zero attached hydrogens (tertiary/aromatic N) is 5. The van der Waals surface area contributed by atoms with Crippen molar-refractivity contribution in [1.82, 2.24) is 20.2 Å². The van der Waals surface area contributed by atoms with E-state index in [1.54, 1.807) is 11.8 Å². The van der Waals surface area contributed by atoms with Crippen molar-refractivity contribution < 1.29 is 9.47 Å². The van der Waals surface area contributed by atoms with Crippen LogP contribution in [0.25, 0.3) is 5.69 Å². The van der Waals surface area contributed by atoms with Crippen molar-refractivity contribution in [2.45, 2.75) is 32.5 Å². The maximum Gasteiger partial charge on any atom is 0.250 e. The summed E-state index contributed by atoms with van der Waals surface area (Å²) in [6.07, 6.45) is -0.00748. The average molecular weight is 317 g/mol. The lowest BCUT2D eigenvalue weighted by molar-refractivity contribution is -0.106. The van der Waals surface area contributed by atoms with Crippen LogP contribution < -0.4 is 4.90 Å². The molecule has 7 nitrogen and oxygen atoms in total. The molecule has 1 fully saturated rings. The second kappa shape index (κ2) is 6.25. The van der Waals surface area contributed by atoms with Crippen molar-refractivity contribution in [2.24, 2.45) is 0 Å². The van der Waals surface area contributed by atoms with Crippen molar-refractivity contribution in [3.63, 3.8) is 0 Å². The molecule has 23 heavy (non-hydrogen) atoms. The van der Waals surface area contributed by atoms with E-state index in [9.17, 15) is 0 Å². The van der Waals surface area contributed by atoms with Gasteiger partial charge in [-0.3, -0.25) is 0 Å². The lowest BCUT2D eigenvalue weighted by Crippen LogP contribution is -2.54. The molecular formula is C16H23N5O2. The summed E-state index contributed by atoms with van der Waals surface area (Å²) in [5, 5.41) is 12.2. The van der Waals surface area contributed by atoms with E-state index in [-0.39, 0.29) is 11.7 Å². The van der Waals surface area contributed by atoms with Crippen molar-refractivity contribution in [3.05, 3.63) is 29.8 Å². The molecule has 0 spiro atoms. The Labute approximate surface area is 136 Å². The van der Waals surface area contributed by atoms with E-state index in [1.807, 2.05) is 12.1 Å². The fourth-order valence-corrected chi connectivity index (χ4v) is 2.95. The molecule has 0 amide bonds. The number of aromatic nitrogens is 4. The van der Waals surface area contributed by atoms with Crippen LogP contribution in [-0.4, -0.2) is 58.7 Å². The normalized spacial score (nSPS) is 20.7. The summed E-state index contributed by atoms with van der Waals surface area (Å²) < 4.78 is 13.1. The molecule has 3 rings (SSSR count). The van der Waals surface area contributed by atoms with Gasteiger partial charge < -0.3 is 14.4 Å². The Morgan fingerprint density at radius 3 is 2.74 bits per heavy atom. The molecule has 1 saturated heterocycles. The number of anilines is 1. The zero-order chi connectivity index (χ0) is 16.4. The highest BCUT2D eigenvalue weighted by Gasteiger charge is 2.35. The maximum atomic E-state index is 6.06. The van der Waals surface area contributed by atoms with Crippen LogP contribution in [0.1, 0.15) is 19.4 Å². The van der Waals surface area contributed by atoms with Crippen LogP contribution >= 0.6 is 0 Å². The summed E-state index contributed by atoms with van der Waals surface area (Å²) in [6.45, 7) is 8.17. The van der Waals surface area contributed by atoms with Crippen molar-refractivity contribution >= 4 is 5.95 Å². The molecule has 1 aromatic heterocycles. The van der Waals surface area contributed by atoms with E-state index in [4.69, 9.17) is 9.47 Å². The first kappa shape index (κ1) is 15.9. The number of morpholine rings is 1. The monoisotopic (exact) mass is 317 g/mol. The van der Waals surface area contributed by atoms with Gasteiger partial charge in [0.1, 0.15) is 0 Å². The molecule has 1 aliphatic heterocycles. The van der Waals surface area contributed by atoms with E-state index in [0.717, 1.165) is 18.2 Å². The Bertz CT molecular complexity index is 653. The summed E-state index contributed by atoms with van der Waals surface area (Å²) in [6, 6.07) is 8.15. The number of tetrazole rings is 1. The van der Waals surface area contributed by atoms with Gasteiger partial charge in [0.2, 0.25) is 0 Å². The molecule has 0 aliphatic carbocycles. The molecule has 1 aromatic carbocycles. The lowest BCUT2D eigenvalue weighted by Gasteiger charge is -2.42. The van der Waals surface area contributed by atoms with Gasteiger partial charge in [0.05, 0.1) is 24.0 Å². The highest BCUT2D eigenvalue weighted by Crippen LogP contribution is 2.26. The molecule has 2 aromatic rings. The highest BCUT2D eigenvalue weighted by molar-refractivity contribution is 5.42. The Morgan fingerprint density at radius 2 is 2.04 bits per heavy atom. The molecule has 2 heterocycles. The summed E-state index contributed by atoms with van der Waals surface area (Å²) in [7, 11) is 1.69. The summed E-state index contributed by atoms with van der Waals surface area (Å²) in [5.74, 6) is 0.728. The number of hydrogen-bond donors (Lipinski definition) is 0. The van der Waals surface area contributed by atoms with Gasteiger partial charge in [0, 0.05) is 20.2 Å². The fraction of sp³-hybridized carbons (Fsp3) is 0.562. The molecule has 0 saturated carbocycles. The maximum absolute atomic E-state index is 6.06. The molecular weight excluding hydrogens is 294 g/mol. The van der Waals surface area contributed by atoms with Gasteiger partial charge in [0.15, 0.2) is 0 Å². The highest BCUT2D eigenvalue weighted by atomic mass is 16.5. The lowest BCUT2D eigenvalue weighted by atomic mass is 10.1. The molecule has 0 bridgehead atoms. The summed E-state index contributed by atoms with van der Waals surface area (Å²) in [4.78, 5) is 2.16. The van der Waals surface area contributed by atoms with Gasteiger partial charge in [-0.1, -0.05) is 22.8 Å². The standard InChI is InChI=1S/C16H23N5O2/c1-12-5-7-13(8-6-12)21-15(17-18-19-21)20-9-14(10-22-4)23-16(2,3)11-20/h5-8,14H,9-11H2,1-4H3/t14-/m1/s1. The predicted molar refractivity (Wildman–Crippen MR) is 86.9 cm³/mol. The van der Waals surface area contributed by atoms with E-state index in [2.05, 4.69) is 53.3 Å². The van der Waals surface area contributed by atoms with Crippen LogP contribution in [0.3, 0.4) is 0 Å². The first-order chi connectivity index (χ1) is 11.0. The number of benzene rings is 1. The average Bonchev–Trinajstić information content (AvgIpc) is 2.96. The molecule has 1 aliphatic rings. The van der Waals surface area contributed by atoms with Gasteiger partial charge in [-0.25, -0.2) is 0 Å². The zero-order valence-electron chi connectivity index (χ0n) is 14.1. The minimum absolute atomic E-state index is 0.00748. The quantitative estimate of drug-likeness (QED) is 0.853. The van der Waals surface area contributed by atoms with Gasteiger partial charge in [0.25, 0.3) is 5.95 Å². The smallest absolute Gasteiger partial charge is 0.250 e. The first-order valence-electron chi connectivity index (χ1n) is 7.76. The molecule has 0 unspecified atom stereocenters. The molecule has 0 radical (unpaired) electrons. The second-order valence-electron chi connectivity index (χ2n) is 6.56. The van der Waals surface area contributed by atoms with Gasteiger partial charge >= 0.3 is 0 Å². The number of rotatable bonds is 4. The topological polar surface area (TPSA) is 65.3 Å². The van der Waals surface area contributed by atoms with Crippen molar-refractivity contribution in [1.29, 1.82) is 0 Å². The van der Waals surface area contributed by atoms with E-state index < -0.39 is 0 Å². The van der Waals surface area contributed by atoms with Crippen molar-refractivity contribution in [3.8, 4) is 5.69 Å². The number of methoxy groups -OCH3 is 1. The van der Waals surface area contributed by atoms with Crippen LogP contribution in [0, 0.1) is 6.92 Å². The van der Waals surface area contributed by atoms with E-state index >= 15 is 0 Å². The number of ether oxygens (including phenoxy) is 2. The first-order valence-corrected chi connectivity index (χ1v) is 7.76. The van der Waals surface area contributed by atoms with Gasteiger partial charge in [-0.05, 0) is 43.3 Å². The third-order valence-corrected chi connectivity index (χ3v) is 3.85. The molecule has 0 N–H and O–H groups in total. The third-order valence-electron chi connectivity index (χ3n) is 3.85. The van der Waals surface area contributed by atoms with Crippen molar-refractivity contribution in [2.75, 3.05) is 31.7 Å². The van der Waals surface area contributed by atoms with Gasteiger partial charge in [-0.2, -0.15) is 4.68 Å². The van der Waals surface area contributed by atoms with Gasteiger partial charge in [-0.15, -0.1) is 0 Å². The predicted octanol–water partition coefficient (Wildman–Crippen LogP) is 1.60. The zero-order valence-corrected chi connectivity index (χ0v) is 14.1. The van der Waals surface area contributed by atoms with Crippen LogP contribution in [0.4, 0.5) is 5.95 Å². The SMILES string of the molecule is COC[C@H]1CN(c2nnnn2-c2ccc(C)cc2)CC(C)(C)O1. The summed E-state index contributed by atoms with van der Waals surface area (Å²) in [5.41, 5.74) is 1.87. The molecule has 1 atom stereocenters. The summed E-state index contributed by atoms with van der Waals surface area (Å²) >= 11 is 0. The van der Waals surface area contributed by atoms with Crippen LogP contribution in [0.5, 0.6) is 0 Å². The van der Waals surface area contributed by atoms with E-state index in [0.29, 0.717) is 13.2 Å². The Morgan fingerprint density at radius 1 is 1.30 bits per heavy atom. The van der Waals surface area contributed by atoms with E-state index in [1.165, 1.54) is 5.56 Å². The van der Waals surface area contributed by atoms with Crippen LogP contribution in [0.2, 0.25) is 0 Å². The Kier molecular flexibility index (Phi) is 4.32. The van der Waals surface area contributed by atoms with Crippen LogP contribution in [-0.2, 0) is 9.47 Å².